The van der Waals surface area contributed by atoms with Crippen LogP contribution in [0.25, 0.3) is 27.5 Å². The van der Waals surface area contributed by atoms with Crippen LogP contribution in [0.5, 0.6) is 0 Å². The van der Waals surface area contributed by atoms with Crippen molar-refractivity contribution in [3.63, 3.8) is 0 Å². The minimum atomic E-state index is -0.902. The summed E-state index contributed by atoms with van der Waals surface area (Å²) >= 11 is 1.58. The Kier molecular flexibility index (Phi) is 16.3. The van der Waals surface area contributed by atoms with Gasteiger partial charge in [0.05, 0.1) is 46.7 Å². The van der Waals surface area contributed by atoms with Crippen molar-refractivity contribution in [3.05, 3.63) is 113 Å². The average Bonchev–Trinajstić information content (AvgIpc) is 4.23. The van der Waals surface area contributed by atoms with Crippen LogP contribution >= 0.6 is 11.3 Å². The Labute approximate surface area is 435 Å². The van der Waals surface area contributed by atoms with Crippen LogP contribution in [0, 0.1) is 18.2 Å². The number of pyridine rings is 1. The van der Waals surface area contributed by atoms with Gasteiger partial charge >= 0.3 is 0 Å². The third-order valence-electron chi connectivity index (χ3n) is 14.3. The molecule has 4 amide bonds. The zero-order valence-electron chi connectivity index (χ0n) is 42.7. The van der Waals surface area contributed by atoms with Gasteiger partial charge in [0.15, 0.2) is 5.65 Å². The van der Waals surface area contributed by atoms with Crippen LogP contribution in [-0.2, 0) is 25.7 Å². The largest absolute Gasteiger partial charge is 0.391 e. The lowest BCUT2D eigenvalue weighted by Gasteiger charge is -2.35. The number of aliphatic hydroxyl groups excluding tert-OH is 1. The molecule has 0 radical (unpaired) electrons. The van der Waals surface area contributed by atoms with Crippen molar-refractivity contribution in [2.45, 2.75) is 103 Å². The van der Waals surface area contributed by atoms with Crippen molar-refractivity contribution in [1.29, 1.82) is 0 Å². The first-order valence-electron chi connectivity index (χ1n) is 25.8. The molecule has 0 bridgehead atoms. The van der Waals surface area contributed by atoms with E-state index >= 15 is 0 Å². The fourth-order valence-corrected chi connectivity index (χ4v) is 11.1. The van der Waals surface area contributed by atoms with Crippen LogP contribution in [0.1, 0.15) is 88.6 Å². The van der Waals surface area contributed by atoms with Crippen LogP contribution < -0.4 is 25.8 Å². The molecule has 3 saturated heterocycles. The van der Waals surface area contributed by atoms with E-state index in [9.17, 15) is 28.7 Å². The molecule has 3 fully saturated rings. The van der Waals surface area contributed by atoms with E-state index in [1.165, 1.54) is 11.0 Å². The number of hydrogen-bond donors (Lipinski definition) is 4. The van der Waals surface area contributed by atoms with E-state index in [4.69, 9.17) is 10.1 Å². The number of carbonyl (C=O) groups excluding carboxylic acids is 4. The third-order valence-corrected chi connectivity index (χ3v) is 15.3. The van der Waals surface area contributed by atoms with Crippen LogP contribution in [0.4, 0.5) is 16.0 Å². The maximum absolute atomic E-state index is 14.1. The minimum Gasteiger partial charge on any atom is -0.391 e. The predicted octanol–water partition coefficient (Wildman–Crippen LogP) is 6.31. The van der Waals surface area contributed by atoms with Crippen LogP contribution in [-0.4, -0.2) is 134 Å². The molecule has 19 heteroatoms. The van der Waals surface area contributed by atoms with Crippen molar-refractivity contribution < 1.29 is 28.7 Å². The van der Waals surface area contributed by atoms with E-state index in [0.717, 1.165) is 69.7 Å². The number of anilines is 2. The van der Waals surface area contributed by atoms with E-state index in [2.05, 4.69) is 40.6 Å². The number of β-amino-alcohol motifs (C(OH)–C–C–N with tert-alkyl or cyclic N) is 1. The van der Waals surface area contributed by atoms with Gasteiger partial charge in [0.1, 0.15) is 35.2 Å². The number of likely N-dealkylation sites (tertiary alicyclic amines) is 1. The quantitative estimate of drug-likeness (QED) is 0.0703. The number of nitrogens with one attached hydrogen (secondary N) is 3. The summed E-state index contributed by atoms with van der Waals surface area (Å²) in [5.74, 6) is 0.343. The molecule has 74 heavy (non-hydrogen) atoms. The Bertz CT molecular complexity index is 2930. The number of carbonyl (C=O) groups is 4. The maximum atomic E-state index is 14.1. The molecule has 4 atom stereocenters. The summed E-state index contributed by atoms with van der Waals surface area (Å²) in [6, 6.07) is 22.9. The number of unbranched alkanes of at least 4 members (excludes halogenated alkanes) is 2. The van der Waals surface area contributed by atoms with E-state index in [1.54, 1.807) is 29.7 Å². The molecule has 0 aliphatic carbocycles. The number of halogens is 1. The fraction of sp³-hybridized carbons (Fsp3) is 0.455. The average molecular weight is 1030 g/mol. The van der Waals surface area contributed by atoms with Crippen molar-refractivity contribution >= 4 is 52.2 Å². The van der Waals surface area contributed by atoms with Gasteiger partial charge in [-0.15, -0.1) is 16.4 Å². The summed E-state index contributed by atoms with van der Waals surface area (Å²) in [5, 5.41) is 24.6. The van der Waals surface area contributed by atoms with Crippen LogP contribution in [0.3, 0.4) is 0 Å². The number of piperazine rings is 1. The molecule has 17 nitrogen and oxygen atoms in total. The number of aromatic nitrogens is 5. The number of aryl methyl sites for hydroxylation is 1. The molecule has 4 aromatic heterocycles. The molecule has 390 valence electrons. The van der Waals surface area contributed by atoms with Gasteiger partial charge < -0.3 is 35.8 Å². The predicted molar refractivity (Wildman–Crippen MR) is 284 cm³/mol. The highest BCUT2D eigenvalue weighted by Gasteiger charge is 2.44. The summed E-state index contributed by atoms with van der Waals surface area (Å²) in [6.07, 6.45) is 5.16. The molecule has 2 aromatic carbocycles. The zero-order chi connectivity index (χ0) is 51.9. The first kappa shape index (κ1) is 52.0. The summed E-state index contributed by atoms with van der Waals surface area (Å²) in [4.78, 5) is 76.9. The fourth-order valence-electron chi connectivity index (χ4n) is 10.3. The highest BCUT2D eigenvalue weighted by molar-refractivity contribution is 7.13. The summed E-state index contributed by atoms with van der Waals surface area (Å²) in [6.45, 7) is 12.3. The molecule has 0 saturated carbocycles. The van der Waals surface area contributed by atoms with Crippen molar-refractivity contribution in [1.82, 2.24) is 50.3 Å². The minimum absolute atomic E-state index is 0.00445. The first-order chi connectivity index (χ1) is 35.7. The molecule has 6 aromatic rings. The molecule has 0 spiro atoms. The second kappa shape index (κ2) is 23.2. The lowest BCUT2D eigenvalue weighted by Crippen LogP contribution is -2.57. The second-order valence-electron chi connectivity index (χ2n) is 20.8. The summed E-state index contributed by atoms with van der Waals surface area (Å²) in [7, 11) is 0. The van der Waals surface area contributed by atoms with Crippen LogP contribution in [0.2, 0.25) is 0 Å². The molecular formula is C55H67FN12O5S. The van der Waals surface area contributed by atoms with Crippen molar-refractivity contribution in [3.8, 4) is 21.8 Å². The topological polar surface area (TPSA) is 194 Å². The Morgan fingerprint density at radius 2 is 1.68 bits per heavy atom. The lowest BCUT2D eigenvalue weighted by atomic mass is 9.85. The number of thiazole rings is 1. The maximum Gasteiger partial charge on any atom is 0.246 e. The van der Waals surface area contributed by atoms with Crippen molar-refractivity contribution in [2.24, 2.45) is 5.41 Å². The van der Waals surface area contributed by atoms with E-state index < -0.39 is 29.5 Å². The van der Waals surface area contributed by atoms with E-state index in [-0.39, 0.29) is 62.1 Å². The van der Waals surface area contributed by atoms with Gasteiger partial charge in [-0.25, -0.2) is 23.9 Å². The highest BCUT2D eigenvalue weighted by atomic mass is 32.1. The summed E-state index contributed by atoms with van der Waals surface area (Å²) in [5.41, 5.74) is 7.26. The van der Waals surface area contributed by atoms with Gasteiger partial charge in [-0.1, -0.05) is 69.7 Å². The molecular weight excluding hydrogens is 960 g/mol. The smallest absolute Gasteiger partial charge is 0.246 e. The number of hydrogen-bond acceptors (Lipinski definition) is 13. The number of fused-ring (bicyclic) bond motifs is 1. The number of benzene rings is 2. The van der Waals surface area contributed by atoms with Gasteiger partial charge in [0, 0.05) is 65.2 Å². The van der Waals surface area contributed by atoms with Crippen LogP contribution in [0.15, 0.2) is 90.6 Å². The van der Waals surface area contributed by atoms with Gasteiger partial charge in [-0.3, -0.25) is 24.1 Å². The lowest BCUT2D eigenvalue weighted by molar-refractivity contribution is -0.144. The number of rotatable bonds is 18. The van der Waals surface area contributed by atoms with Gasteiger partial charge in [0.2, 0.25) is 23.6 Å². The standard InChI is InChI=1S/C55H67FN12O5S/c1-36-51(74-35-60-36)38-19-17-37(18-20-38)31-59-53(72)44-30-41(69)33-67(44)54(73)52(55(2,3)4)62-49(70)16-6-5-7-23-57-50(71)34-64-25-27-65(28-26-64)47-15-9-13-42(61-47)45-32-58-46-21-22-48(63-68(45)46)66-24-10-14-43(66)39-11-8-12-40(56)29-39/h8-9,11-13,15,17-22,29,32,35,41,43-44,52,69H,5-7,10,14,16,23-28,30-31,33-34H2,1-4H3,(H,57,71)(H,59,72)(H,62,70)/t41-,43-,44+,52-/m1/s1. The summed E-state index contributed by atoms with van der Waals surface area (Å²) < 4.78 is 16.0. The number of amides is 4. The SMILES string of the molecule is Cc1ncsc1-c1ccc(CNC(=O)[C@@H]2C[C@@H](O)CN2C(=O)[C@@H](NC(=O)CCCCCNC(=O)CN2CCN(c3cccc(-c4cnc5ccc(N6CCC[C@@H]6c6cccc(F)c6)nn45)n3)CC2)C(C)(C)C)cc1. The number of nitrogens with zero attached hydrogens (tertiary/aromatic N) is 9. The van der Waals surface area contributed by atoms with Gasteiger partial charge in [-0.05, 0) is 91.1 Å². The Hall–Kier alpha value is -6.83. The van der Waals surface area contributed by atoms with Gasteiger partial charge in [0.25, 0.3) is 0 Å². The Morgan fingerprint density at radius 1 is 0.878 bits per heavy atom. The zero-order valence-corrected chi connectivity index (χ0v) is 43.5. The molecule has 9 rings (SSSR count). The molecule has 7 heterocycles. The first-order valence-corrected chi connectivity index (χ1v) is 26.7. The number of aliphatic hydroxyl groups is 1. The monoisotopic (exact) mass is 1030 g/mol. The molecule has 3 aliphatic rings. The molecule has 0 unspecified atom stereocenters. The highest BCUT2D eigenvalue weighted by Crippen LogP contribution is 2.36. The number of imidazole rings is 1. The second-order valence-corrected chi connectivity index (χ2v) is 21.6. The molecule has 4 N–H and O–H groups in total. The Balaban J connectivity index is 0.686. The molecule has 3 aliphatic heterocycles. The van der Waals surface area contributed by atoms with Gasteiger partial charge in [-0.2, -0.15) is 0 Å². The van der Waals surface area contributed by atoms with E-state index in [0.29, 0.717) is 57.6 Å². The Morgan fingerprint density at radius 3 is 2.43 bits per heavy atom. The third kappa shape index (κ3) is 12.4. The normalized spacial score (nSPS) is 18.7. The van der Waals surface area contributed by atoms with E-state index in [1.807, 2.05) is 98.4 Å². The van der Waals surface area contributed by atoms with Crippen molar-refractivity contribution in [2.75, 3.05) is 62.2 Å².